The Kier molecular flexibility index (Phi) is 5.30. The van der Waals surface area contributed by atoms with Crippen molar-refractivity contribution in [3.63, 3.8) is 0 Å². The van der Waals surface area contributed by atoms with Crippen LogP contribution < -0.4 is 10.3 Å². The molecule has 5 heteroatoms. The van der Waals surface area contributed by atoms with Gasteiger partial charge in [-0.3, -0.25) is 9.69 Å². The van der Waals surface area contributed by atoms with E-state index in [1.807, 2.05) is 24.5 Å². The number of likely N-dealkylation sites (tertiary alicyclic amines) is 1. The molecular weight excluding hydrogens is 352 g/mol. The molecular formula is C23H30N2O3. The lowest BCUT2D eigenvalue weighted by Crippen LogP contribution is -2.49. The largest absolute Gasteiger partial charge is 0.490 e. The molecule has 2 aliphatic heterocycles. The van der Waals surface area contributed by atoms with Crippen molar-refractivity contribution >= 4 is 0 Å². The Bertz CT molecular complexity index is 897. The molecule has 0 radical (unpaired) electrons. The number of fused-ring (bicyclic) bond motifs is 4. The van der Waals surface area contributed by atoms with Gasteiger partial charge in [0.05, 0.1) is 0 Å². The zero-order valence-electron chi connectivity index (χ0n) is 17.0. The van der Waals surface area contributed by atoms with E-state index in [9.17, 15) is 9.90 Å². The lowest BCUT2D eigenvalue weighted by Gasteiger charge is -2.43. The second-order valence-corrected chi connectivity index (χ2v) is 8.61. The molecule has 1 fully saturated rings. The van der Waals surface area contributed by atoms with E-state index < -0.39 is 6.10 Å². The summed E-state index contributed by atoms with van der Waals surface area (Å²) in [4.78, 5) is 14.5. The van der Waals surface area contributed by atoms with Crippen LogP contribution in [-0.4, -0.2) is 46.9 Å². The van der Waals surface area contributed by atoms with E-state index in [-0.39, 0.29) is 5.56 Å². The van der Waals surface area contributed by atoms with Crippen LogP contribution in [-0.2, 0) is 6.54 Å². The van der Waals surface area contributed by atoms with Gasteiger partial charge in [-0.2, -0.15) is 0 Å². The quantitative estimate of drug-likeness (QED) is 0.864. The molecule has 28 heavy (non-hydrogen) atoms. The molecule has 1 saturated heterocycles. The minimum atomic E-state index is -0.531. The molecule has 2 aliphatic rings. The summed E-state index contributed by atoms with van der Waals surface area (Å²) >= 11 is 0. The summed E-state index contributed by atoms with van der Waals surface area (Å²) in [6.07, 6.45) is 0.603. The first-order valence-corrected chi connectivity index (χ1v) is 10.2. The summed E-state index contributed by atoms with van der Waals surface area (Å²) in [6.45, 7) is 9.69. The molecule has 1 aromatic carbocycles. The highest BCUT2D eigenvalue weighted by molar-refractivity contribution is 5.42. The average Bonchev–Trinajstić information content (AvgIpc) is 2.61. The summed E-state index contributed by atoms with van der Waals surface area (Å²) in [5.41, 5.74) is 4.70. The molecule has 3 atom stereocenters. The van der Waals surface area contributed by atoms with Crippen molar-refractivity contribution < 1.29 is 9.84 Å². The fourth-order valence-corrected chi connectivity index (χ4v) is 5.07. The predicted molar refractivity (Wildman–Crippen MR) is 110 cm³/mol. The molecule has 3 heterocycles. The third-order valence-corrected chi connectivity index (χ3v) is 6.05. The normalized spacial score (nSPS) is 22.6. The van der Waals surface area contributed by atoms with Crippen LogP contribution in [0.25, 0.3) is 0 Å². The Hall–Kier alpha value is -2.11. The first-order valence-electron chi connectivity index (χ1n) is 10.2. The number of β-amino-alcohol motifs (C(OH)–C–C–N with tert-alkyl or cyclic N) is 1. The van der Waals surface area contributed by atoms with E-state index in [1.165, 1.54) is 5.56 Å². The number of aromatic nitrogens is 1. The highest BCUT2D eigenvalue weighted by atomic mass is 16.5. The SMILES string of the molecule is Cc1cc(C)c(OC[C@@H](O)CN2C[C@H]3C[C@H](C2)c2cccc(=O)n2C3)c(C)c1. The first kappa shape index (κ1) is 19.2. The molecule has 2 bridgehead atoms. The number of aliphatic hydroxyl groups excluding tert-OH is 1. The van der Waals surface area contributed by atoms with Gasteiger partial charge in [0.25, 0.3) is 5.56 Å². The van der Waals surface area contributed by atoms with Crippen molar-refractivity contribution in [2.24, 2.45) is 5.92 Å². The molecule has 1 aromatic heterocycles. The second-order valence-electron chi connectivity index (χ2n) is 8.61. The molecule has 0 spiro atoms. The van der Waals surface area contributed by atoms with Gasteiger partial charge in [0.15, 0.2) is 0 Å². The Morgan fingerprint density at radius 1 is 1.14 bits per heavy atom. The van der Waals surface area contributed by atoms with Crippen LogP contribution in [0.15, 0.2) is 35.1 Å². The molecule has 5 nitrogen and oxygen atoms in total. The van der Waals surface area contributed by atoms with Crippen molar-refractivity contribution in [2.75, 3.05) is 26.2 Å². The highest BCUT2D eigenvalue weighted by Gasteiger charge is 2.34. The van der Waals surface area contributed by atoms with Crippen LogP contribution in [0.3, 0.4) is 0 Å². The standard InChI is InChI=1S/C23H30N2O3/c1-15-7-16(2)23(17(3)8-15)28-14-20(26)13-24-10-18-9-19(12-24)21-5-4-6-22(27)25(21)11-18/h4-8,18-20,26H,9-14H2,1-3H3/t18-,19-,20+/m1/s1. The maximum Gasteiger partial charge on any atom is 0.250 e. The fourth-order valence-electron chi connectivity index (χ4n) is 5.07. The molecule has 150 valence electrons. The number of aliphatic hydroxyl groups is 1. The lowest BCUT2D eigenvalue weighted by atomic mass is 9.83. The van der Waals surface area contributed by atoms with Crippen molar-refractivity contribution in [3.05, 3.63) is 63.1 Å². The van der Waals surface area contributed by atoms with Gasteiger partial charge < -0.3 is 14.4 Å². The van der Waals surface area contributed by atoms with Gasteiger partial charge in [0.2, 0.25) is 0 Å². The van der Waals surface area contributed by atoms with Crippen LogP contribution in [0.2, 0.25) is 0 Å². The maximum absolute atomic E-state index is 12.1. The van der Waals surface area contributed by atoms with Crippen LogP contribution in [0.4, 0.5) is 0 Å². The van der Waals surface area contributed by atoms with E-state index >= 15 is 0 Å². The van der Waals surface area contributed by atoms with Gasteiger partial charge in [0.1, 0.15) is 18.5 Å². The summed E-state index contributed by atoms with van der Waals surface area (Å²) < 4.78 is 7.91. The minimum Gasteiger partial charge on any atom is -0.490 e. The van der Waals surface area contributed by atoms with Crippen molar-refractivity contribution in [1.82, 2.24) is 9.47 Å². The van der Waals surface area contributed by atoms with Crippen LogP contribution in [0.5, 0.6) is 5.75 Å². The number of ether oxygens (including phenoxy) is 1. The Labute approximate surface area is 166 Å². The van der Waals surface area contributed by atoms with E-state index in [2.05, 4.69) is 30.0 Å². The van der Waals surface area contributed by atoms with Gasteiger partial charge in [-0.05, 0) is 50.3 Å². The average molecular weight is 383 g/mol. The van der Waals surface area contributed by atoms with Gasteiger partial charge >= 0.3 is 0 Å². The minimum absolute atomic E-state index is 0.109. The molecule has 1 N–H and O–H groups in total. The number of aryl methyl sites for hydroxylation is 3. The monoisotopic (exact) mass is 382 g/mol. The summed E-state index contributed by atoms with van der Waals surface area (Å²) in [5.74, 6) is 1.73. The van der Waals surface area contributed by atoms with Crippen molar-refractivity contribution in [1.29, 1.82) is 0 Å². The molecule has 0 amide bonds. The van der Waals surface area contributed by atoms with Gasteiger partial charge in [0, 0.05) is 43.9 Å². The van der Waals surface area contributed by atoms with E-state index in [1.54, 1.807) is 6.07 Å². The zero-order chi connectivity index (χ0) is 19.8. The molecule has 0 saturated carbocycles. The van der Waals surface area contributed by atoms with E-state index in [4.69, 9.17) is 4.74 Å². The number of hydrogen-bond acceptors (Lipinski definition) is 4. The third kappa shape index (κ3) is 3.87. The van der Waals surface area contributed by atoms with E-state index in [0.29, 0.717) is 25.0 Å². The highest BCUT2D eigenvalue weighted by Crippen LogP contribution is 2.35. The molecule has 2 aromatic rings. The number of rotatable bonds is 5. The van der Waals surface area contributed by atoms with Crippen LogP contribution >= 0.6 is 0 Å². The first-order chi connectivity index (χ1) is 13.4. The smallest absolute Gasteiger partial charge is 0.250 e. The Morgan fingerprint density at radius 2 is 1.89 bits per heavy atom. The van der Waals surface area contributed by atoms with Gasteiger partial charge in [-0.1, -0.05) is 23.8 Å². The number of piperidine rings is 1. The van der Waals surface area contributed by atoms with Gasteiger partial charge in [-0.15, -0.1) is 0 Å². The Morgan fingerprint density at radius 3 is 2.64 bits per heavy atom. The summed E-state index contributed by atoms with van der Waals surface area (Å²) in [6, 6.07) is 9.81. The number of pyridine rings is 1. The topological polar surface area (TPSA) is 54.7 Å². The maximum atomic E-state index is 12.1. The molecule has 0 unspecified atom stereocenters. The second kappa shape index (κ2) is 7.72. The number of nitrogens with zero attached hydrogens (tertiary/aromatic N) is 2. The lowest BCUT2D eigenvalue weighted by molar-refractivity contribution is 0.0381. The third-order valence-electron chi connectivity index (χ3n) is 6.05. The van der Waals surface area contributed by atoms with Crippen molar-refractivity contribution in [3.8, 4) is 5.75 Å². The molecule has 0 aliphatic carbocycles. The summed E-state index contributed by atoms with van der Waals surface area (Å²) in [7, 11) is 0. The fraction of sp³-hybridized carbons (Fsp3) is 0.522. The number of hydrogen-bond donors (Lipinski definition) is 1. The van der Waals surface area contributed by atoms with Crippen LogP contribution in [0.1, 0.15) is 34.7 Å². The zero-order valence-corrected chi connectivity index (χ0v) is 17.0. The predicted octanol–water partition coefficient (Wildman–Crippen LogP) is 2.63. The van der Waals surface area contributed by atoms with E-state index in [0.717, 1.165) is 48.6 Å². The van der Waals surface area contributed by atoms with Crippen LogP contribution in [0, 0.1) is 26.7 Å². The number of benzene rings is 1. The summed E-state index contributed by atoms with van der Waals surface area (Å²) in [5, 5.41) is 10.6. The van der Waals surface area contributed by atoms with Crippen molar-refractivity contribution in [2.45, 2.75) is 45.8 Å². The van der Waals surface area contributed by atoms with Gasteiger partial charge in [-0.25, -0.2) is 0 Å². The molecule has 4 rings (SSSR count). The Balaban J connectivity index is 1.37.